The van der Waals surface area contributed by atoms with Crippen LogP contribution in [-0.2, 0) is 19.4 Å². The Hall–Kier alpha value is -2.95. The number of nitrogens with zero attached hydrogens (tertiary/aromatic N) is 2. The summed E-state index contributed by atoms with van der Waals surface area (Å²) in [6.07, 6.45) is -0.673. The van der Waals surface area contributed by atoms with E-state index in [1.807, 2.05) is 0 Å². The molecule has 2 atom stereocenters. The Morgan fingerprint density at radius 3 is 2.36 bits per heavy atom. The monoisotopic (exact) mass is 494 g/mol. The number of urea groups is 1. The average molecular weight is 495 g/mol. The Labute approximate surface area is 196 Å². The highest BCUT2D eigenvalue weighted by Gasteiger charge is 2.47. The molecule has 33 heavy (non-hydrogen) atoms. The van der Waals surface area contributed by atoms with Crippen molar-refractivity contribution in [3.63, 3.8) is 0 Å². The number of benzene rings is 2. The normalized spacial score (nSPS) is 17.2. The largest absolute Gasteiger partial charge is 0.479 e. The third kappa shape index (κ3) is 5.02. The van der Waals surface area contributed by atoms with E-state index in [1.165, 1.54) is 32.2 Å². The number of carboxylic acids is 1. The highest BCUT2D eigenvalue weighted by atomic mass is 35.5. The summed E-state index contributed by atoms with van der Waals surface area (Å²) in [5.74, 6) is -3.52. The molecule has 0 bridgehead atoms. The number of rotatable bonds is 8. The molecule has 0 saturated carbocycles. The number of likely N-dealkylation sites (N-methyl/N-ethyl adjacent to an activating group) is 1. The number of carbonyl (C=O) groups excluding carboxylic acids is 2. The summed E-state index contributed by atoms with van der Waals surface area (Å²) in [6, 6.07) is 11.1. The highest BCUT2D eigenvalue weighted by Crippen LogP contribution is 2.33. The Morgan fingerprint density at radius 1 is 1.18 bits per heavy atom. The van der Waals surface area contributed by atoms with Crippen molar-refractivity contribution < 1.29 is 33.0 Å². The van der Waals surface area contributed by atoms with Crippen LogP contribution in [0, 0.1) is 0 Å². The molecule has 2 unspecified atom stereocenters. The number of imide groups is 1. The van der Waals surface area contributed by atoms with Gasteiger partial charge < -0.3 is 15.1 Å². The molecule has 9 nitrogen and oxygen atoms in total. The van der Waals surface area contributed by atoms with Gasteiger partial charge in [0.15, 0.2) is 15.4 Å². The summed E-state index contributed by atoms with van der Waals surface area (Å²) in [5, 5.41) is 20.8. The molecule has 0 spiro atoms. The first-order chi connectivity index (χ1) is 15.4. The zero-order valence-corrected chi connectivity index (χ0v) is 19.5. The standard InChI is InChI=1S/C22H23ClN2O7S/c1-14(25-19(26)12-24(2)21(25)29)11-22(30,20(27)28)13-33(31,32)18-10-16(23)8-9-17(18)15-6-4-3-5-7-15/h3-10,14,30H,11-13H2,1-2H3,(H,27,28). The maximum atomic E-state index is 13.3. The highest BCUT2D eigenvalue weighted by molar-refractivity contribution is 7.91. The van der Waals surface area contributed by atoms with E-state index in [0.29, 0.717) is 11.1 Å². The molecule has 1 fully saturated rings. The minimum Gasteiger partial charge on any atom is -0.479 e. The fourth-order valence-corrected chi connectivity index (χ4v) is 5.95. The number of hydrogen-bond donors (Lipinski definition) is 2. The number of amides is 3. The predicted molar refractivity (Wildman–Crippen MR) is 120 cm³/mol. The second-order valence-electron chi connectivity index (χ2n) is 8.06. The molecule has 0 aromatic heterocycles. The minimum atomic E-state index is -4.39. The number of carboxylic acid groups (broad SMARTS) is 1. The SMILES string of the molecule is CC(CC(O)(CS(=O)(=O)c1cc(Cl)ccc1-c1ccccc1)C(=O)O)N1C(=O)CN(C)C1=O. The van der Waals surface area contributed by atoms with Crippen molar-refractivity contribution in [1.82, 2.24) is 9.80 Å². The molecule has 176 valence electrons. The van der Waals surface area contributed by atoms with Gasteiger partial charge in [0.05, 0.1) is 10.6 Å². The van der Waals surface area contributed by atoms with Crippen LogP contribution >= 0.6 is 11.6 Å². The van der Waals surface area contributed by atoms with Gasteiger partial charge >= 0.3 is 12.0 Å². The summed E-state index contributed by atoms with van der Waals surface area (Å²) in [4.78, 5) is 38.1. The van der Waals surface area contributed by atoms with E-state index in [2.05, 4.69) is 0 Å². The molecule has 2 aromatic rings. The van der Waals surface area contributed by atoms with E-state index in [-0.39, 0.29) is 16.5 Å². The number of sulfone groups is 1. The van der Waals surface area contributed by atoms with E-state index >= 15 is 0 Å². The minimum absolute atomic E-state index is 0.122. The van der Waals surface area contributed by atoms with Gasteiger partial charge in [-0.1, -0.05) is 48.0 Å². The van der Waals surface area contributed by atoms with E-state index in [9.17, 15) is 33.0 Å². The molecule has 2 N–H and O–H groups in total. The summed E-state index contributed by atoms with van der Waals surface area (Å²) in [5.41, 5.74) is -1.90. The van der Waals surface area contributed by atoms with Gasteiger partial charge in [-0.15, -0.1) is 0 Å². The lowest BCUT2D eigenvalue weighted by Gasteiger charge is -2.30. The molecule has 2 aromatic carbocycles. The number of aliphatic carboxylic acids is 1. The van der Waals surface area contributed by atoms with Crippen LogP contribution in [0.15, 0.2) is 53.4 Å². The van der Waals surface area contributed by atoms with Gasteiger partial charge in [-0.2, -0.15) is 0 Å². The van der Waals surface area contributed by atoms with Crippen molar-refractivity contribution in [3.05, 3.63) is 53.6 Å². The van der Waals surface area contributed by atoms with Gasteiger partial charge in [0.1, 0.15) is 6.54 Å². The maximum Gasteiger partial charge on any atom is 0.336 e. The van der Waals surface area contributed by atoms with Crippen molar-refractivity contribution in [2.24, 2.45) is 0 Å². The molecular weight excluding hydrogens is 472 g/mol. The zero-order valence-electron chi connectivity index (χ0n) is 17.9. The topological polar surface area (TPSA) is 132 Å². The first kappa shape index (κ1) is 24.7. The van der Waals surface area contributed by atoms with Gasteiger partial charge in [0.25, 0.3) is 5.91 Å². The number of halogens is 1. The maximum absolute atomic E-state index is 13.3. The van der Waals surface area contributed by atoms with Crippen molar-refractivity contribution in [2.75, 3.05) is 19.3 Å². The van der Waals surface area contributed by atoms with E-state index < -0.39 is 51.6 Å². The molecular formula is C22H23ClN2O7S. The van der Waals surface area contributed by atoms with E-state index in [1.54, 1.807) is 30.3 Å². The molecule has 1 saturated heterocycles. The fourth-order valence-electron chi connectivity index (χ4n) is 3.86. The van der Waals surface area contributed by atoms with E-state index in [4.69, 9.17) is 11.6 Å². The summed E-state index contributed by atoms with van der Waals surface area (Å²) in [6.45, 7) is 1.19. The van der Waals surface area contributed by atoms with Gasteiger partial charge in [0, 0.05) is 30.1 Å². The van der Waals surface area contributed by atoms with Crippen LogP contribution < -0.4 is 0 Å². The Bertz CT molecular complexity index is 1200. The smallest absolute Gasteiger partial charge is 0.336 e. The molecule has 3 rings (SSSR count). The molecule has 1 aliphatic heterocycles. The average Bonchev–Trinajstić information content (AvgIpc) is 2.99. The molecule has 11 heteroatoms. The summed E-state index contributed by atoms with van der Waals surface area (Å²) < 4.78 is 26.7. The molecule has 1 heterocycles. The van der Waals surface area contributed by atoms with Crippen molar-refractivity contribution in [3.8, 4) is 11.1 Å². The number of aliphatic hydroxyl groups is 1. The lowest BCUT2D eigenvalue weighted by atomic mass is 9.97. The lowest BCUT2D eigenvalue weighted by molar-refractivity contribution is -0.158. The zero-order chi connectivity index (χ0) is 24.6. The lowest BCUT2D eigenvalue weighted by Crippen LogP contribution is -2.51. The first-order valence-electron chi connectivity index (χ1n) is 9.96. The Kier molecular flexibility index (Phi) is 6.83. The van der Waals surface area contributed by atoms with Crippen molar-refractivity contribution >= 4 is 39.3 Å². The number of carbonyl (C=O) groups is 3. The predicted octanol–water partition coefficient (Wildman–Crippen LogP) is 2.27. The Balaban J connectivity index is 1.97. The van der Waals surface area contributed by atoms with Crippen LogP contribution in [0.4, 0.5) is 4.79 Å². The second kappa shape index (κ2) is 9.12. The first-order valence-corrected chi connectivity index (χ1v) is 12.0. The van der Waals surface area contributed by atoms with Gasteiger partial charge in [-0.25, -0.2) is 18.0 Å². The third-order valence-electron chi connectivity index (χ3n) is 5.44. The van der Waals surface area contributed by atoms with Crippen molar-refractivity contribution in [1.29, 1.82) is 0 Å². The van der Waals surface area contributed by atoms with Gasteiger partial charge in [0.2, 0.25) is 0 Å². The molecule has 1 aliphatic rings. The van der Waals surface area contributed by atoms with E-state index in [0.717, 1.165) is 9.80 Å². The summed E-state index contributed by atoms with van der Waals surface area (Å²) >= 11 is 6.03. The third-order valence-corrected chi connectivity index (χ3v) is 7.54. The molecule has 0 aliphatic carbocycles. The Morgan fingerprint density at radius 2 is 1.82 bits per heavy atom. The quantitative estimate of drug-likeness (QED) is 0.538. The van der Waals surface area contributed by atoms with Gasteiger partial charge in [-0.05, 0) is 24.6 Å². The fraction of sp³-hybridized carbons (Fsp3) is 0.318. The summed E-state index contributed by atoms with van der Waals surface area (Å²) in [7, 11) is -2.98. The van der Waals surface area contributed by atoms with Crippen LogP contribution in [0.2, 0.25) is 5.02 Å². The molecule has 3 amide bonds. The van der Waals surface area contributed by atoms with Crippen LogP contribution in [0.5, 0.6) is 0 Å². The van der Waals surface area contributed by atoms with Crippen LogP contribution in [-0.4, -0.2) is 77.3 Å². The number of hydrogen-bond acceptors (Lipinski definition) is 6. The van der Waals surface area contributed by atoms with Crippen LogP contribution in [0.25, 0.3) is 11.1 Å². The second-order valence-corrected chi connectivity index (χ2v) is 10.5. The van der Waals surface area contributed by atoms with Crippen LogP contribution in [0.1, 0.15) is 13.3 Å². The van der Waals surface area contributed by atoms with Crippen molar-refractivity contribution in [2.45, 2.75) is 29.9 Å². The molecule has 0 radical (unpaired) electrons. The van der Waals surface area contributed by atoms with Gasteiger partial charge in [-0.3, -0.25) is 9.69 Å². The van der Waals surface area contributed by atoms with Crippen LogP contribution in [0.3, 0.4) is 0 Å².